The summed E-state index contributed by atoms with van der Waals surface area (Å²) in [6.45, 7) is 0. The lowest BCUT2D eigenvalue weighted by Gasteiger charge is -2.29. The summed E-state index contributed by atoms with van der Waals surface area (Å²) in [5.41, 5.74) is -0.341. The van der Waals surface area contributed by atoms with E-state index < -0.39 is 17.8 Å². The minimum Gasteiger partial charge on any atom is -0.316 e. The molecule has 0 spiro atoms. The molecule has 0 saturated heterocycles. The van der Waals surface area contributed by atoms with E-state index in [-0.39, 0.29) is 10.6 Å². The number of pyridine rings is 1. The molecule has 0 aliphatic carbocycles. The van der Waals surface area contributed by atoms with Gasteiger partial charge in [0, 0.05) is 23.2 Å². The van der Waals surface area contributed by atoms with Gasteiger partial charge in [0.05, 0.1) is 0 Å². The summed E-state index contributed by atoms with van der Waals surface area (Å²) < 4.78 is 42.8. The molecule has 0 N–H and O–H groups in total. The van der Waals surface area contributed by atoms with Crippen LogP contribution in [0.5, 0.6) is 0 Å². The van der Waals surface area contributed by atoms with Gasteiger partial charge >= 0.3 is 6.18 Å². The molecule has 0 bridgehead atoms. The van der Waals surface area contributed by atoms with Gasteiger partial charge in [-0.25, -0.2) is 4.31 Å². The number of halogens is 5. The van der Waals surface area contributed by atoms with Crippen molar-refractivity contribution in [3.05, 3.63) is 62.5 Å². The quantitative estimate of drug-likeness (QED) is 0.684. The van der Waals surface area contributed by atoms with Crippen molar-refractivity contribution in [2.45, 2.75) is 17.1 Å². The summed E-state index contributed by atoms with van der Waals surface area (Å²) in [7, 11) is 2.81. The molecule has 0 amide bonds. The standard InChI is InChI=1S/C15H13Cl2F3N2OS/c1-21-8-11(7-12(17)14(21)23)24-22(2)13(15(18,19)20)9-3-5-10(16)6-4-9/h3-8,13H,1-2H3. The average molecular weight is 397 g/mol. The van der Waals surface area contributed by atoms with Crippen LogP contribution in [0.4, 0.5) is 13.2 Å². The number of hydrogen-bond acceptors (Lipinski definition) is 3. The molecule has 0 aliphatic rings. The van der Waals surface area contributed by atoms with Crippen molar-refractivity contribution in [2.75, 3.05) is 7.05 Å². The molecule has 0 aliphatic heterocycles. The van der Waals surface area contributed by atoms with Crippen LogP contribution in [0.3, 0.4) is 0 Å². The maximum absolute atomic E-state index is 13.5. The van der Waals surface area contributed by atoms with E-state index in [1.165, 1.54) is 55.2 Å². The highest BCUT2D eigenvalue weighted by Crippen LogP contribution is 2.42. The Morgan fingerprint density at radius 2 is 1.79 bits per heavy atom. The van der Waals surface area contributed by atoms with E-state index in [9.17, 15) is 18.0 Å². The second kappa shape index (κ2) is 7.39. The van der Waals surface area contributed by atoms with Crippen molar-refractivity contribution >= 4 is 35.1 Å². The zero-order valence-electron chi connectivity index (χ0n) is 12.6. The first kappa shape index (κ1) is 19.2. The van der Waals surface area contributed by atoms with Gasteiger partial charge in [0.15, 0.2) is 0 Å². The first-order chi connectivity index (χ1) is 11.1. The van der Waals surface area contributed by atoms with Crippen LogP contribution in [-0.2, 0) is 7.05 Å². The van der Waals surface area contributed by atoms with Gasteiger partial charge in [0.2, 0.25) is 0 Å². The minimum atomic E-state index is -4.49. The normalized spacial score (nSPS) is 13.3. The van der Waals surface area contributed by atoms with E-state index in [1.54, 1.807) is 0 Å². The molecule has 2 rings (SSSR count). The summed E-state index contributed by atoms with van der Waals surface area (Å²) in [4.78, 5) is 12.0. The van der Waals surface area contributed by atoms with Gasteiger partial charge in [-0.1, -0.05) is 35.3 Å². The van der Waals surface area contributed by atoms with E-state index in [0.29, 0.717) is 9.92 Å². The predicted molar refractivity (Wildman–Crippen MR) is 90.6 cm³/mol. The molecule has 1 aromatic heterocycles. The summed E-state index contributed by atoms with van der Waals surface area (Å²) in [5.74, 6) is 0. The smallest absolute Gasteiger partial charge is 0.316 e. The number of rotatable bonds is 4. The molecule has 1 heterocycles. The van der Waals surface area contributed by atoms with Gasteiger partial charge in [0.1, 0.15) is 11.1 Å². The van der Waals surface area contributed by atoms with Crippen LogP contribution < -0.4 is 5.56 Å². The molecule has 9 heteroatoms. The van der Waals surface area contributed by atoms with E-state index >= 15 is 0 Å². The van der Waals surface area contributed by atoms with Gasteiger partial charge in [-0.3, -0.25) is 4.79 Å². The van der Waals surface area contributed by atoms with Crippen LogP contribution >= 0.6 is 35.1 Å². The Balaban J connectivity index is 2.34. The van der Waals surface area contributed by atoms with Crippen LogP contribution in [-0.4, -0.2) is 22.1 Å². The monoisotopic (exact) mass is 396 g/mol. The van der Waals surface area contributed by atoms with Gasteiger partial charge in [-0.15, -0.1) is 0 Å². The van der Waals surface area contributed by atoms with Crippen molar-refractivity contribution in [2.24, 2.45) is 7.05 Å². The van der Waals surface area contributed by atoms with E-state index in [1.807, 2.05) is 0 Å². The fourth-order valence-electron chi connectivity index (χ4n) is 2.16. The van der Waals surface area contributed by atoms with Gasteiger partial charge in [-0.05, 0) is 42.8 Å². The topological polar surface area (TPSA) is 25.2 Å². The SMILES string of the molecule is CN(Sc1cc(Cl)c(=O)n(C)c1)C(c1ccc(Cl)cc1)C(F)(F)F. The van der Waals surface area contributed by atoms with E-state index in [2.05, 4.69) is 0 Å². The minimum absolute atomic E-state index is 0.0500. The van der Waals surface area contributed by atoms with Crippen LogP contribution in [0.1, 0.15) is 11.6 Å². The number of alkyl halides is 3. The second-order valence-electron chi connectivity index (χ2n) is 5.07. The highest BCUT2D eigenvalue weighted by Gasteiger charge is 2.44. The number of aromatic nitrogens is 1. The lowest BCUT2D eigenvalue weighted by Crippen LogP contribution is -2.32. The highest BCUT2D eigenvalue weighted by atomic mass is 35.5. The molecule has 1 unspecified atom stereocenters. The molecule has 1 aromatic carbocycles. The first-order valence-electron chi connectivity index (χ1n) is 6.68. The van der Waals surface area contributed by atoms with Gasteiger partial charge in [-0.2, -0.15) is 13.2 Å². The van der Waals surface area contributed by atoms with Crippen molar-refractivity contribution < 1.29 is 13.2 Å². The molecule has 3 nitrogen and oxygen atoms in total. The fraction of sp³-hybridized carbons (Fsp3) is 0.267. The molecular formula is C15H13Cl2F3N2OS. The third-order valence-electron chi connectivity index (χ3n) is 3.22. The molecule has 0 fully saturated rings. The first-order valence-corrected chi connectivity index (χ1v) is 8.21. The number of aryl methyl sites for hydroxylation is 1. The Hall–Kier alpha value is -1.15. The van der Waals surface area contributed by atoms with E-state index in [0.717, 1.165) is 16.3 Å². The molecule has 24 heavy (non-hydrogen) atoms. The third kappa shape index (κ3) is 4.47. The molecule has 130 valence electrons. The summed E-state index contributed by atoms with van der Waals surface area (Å²) in [6.07, 6.45) is -3.05. The Kier molecular flexibility index (Phi) is 5.91. The Morgan fingerprint density at radius 1 is 1.21 bits per heavy atom. The highest BCUT2D eigenvalue weighted by molar-refractivity contribution is 7.97. The van der Waals surface area contributed by atoms with Gasteiger partial charge < -0.3 is 4.57 Å². The third-order valence-corrected chi connectivity index (χ3v) is 4.68. The maximum atomic E-state index is 13.5. The number of benzene rings is 1. The Bertz CT molecular complexity index is 752. The number of nitrogens with zero attached hydrogens (tertiary/aromatic N) is 2. The van der Waals surface area contributed by atoms with Crippen LogP contribution in [0, 0.1) is 0 Å². The average Bonchev–Trinajstić information content (AvgIpc) is 2.45. The Morgan fingerprint density at radius 3 is 2.29 bits per heavy atom. The van der Waals surface area contributed by atoms with Crippen LogP contribution in [0.25, 0.3) is 0 Å². The second-order valence-corrected chi connectivity index (χ2v) is 7.15. The summed E-state index contributed by atoms with van der Waals surface area (Å²) in [5, 5.41) is 0.311. The molecule has 0 radical (unpaired) electrons. The van der Waals surface area contributed by atoms with Gasteiger partial charge in [0.25, 0.3) is 5.56 Å². The Labute approximate surface area is 151 Å². The molecule has 2 aromatic rings. The summed E-state index contributed by atoms with van der Waals surface area (Å²) in [6, 6.07) is 5.02. The maximum Gasteiger partial charge on any atom is 0.408 e. The van der Waals surface area contributed by atoms with Crippen molar-refractivity contribution in [3.63, 3.8) is 0 Å². The predicted octanol–water partition coefficient (Wildman–Crippen LogP) is 4.93. The zero-order valence-corrected chi connectivity index (χ0v) is 15.0. The molecule has 1 atom stereocenters. The molecular weight excluding hydrogens is 384 g/mol. The molecule has 0 saturated carbocycles. The van der Waals surface area contributed by atoms with Crippen molar-refractivity contribution in [1.29, 1.82) is 0 Å². The lowest BCUT2D eigenvalue weighted by molar-refractivity contribution is -0.169. The number of hydrogen-bond donors (Lipinski definition) is 0. The summed E-state index contributed by atoms with van der Waals surface area (Å²) >= 11 is 12.4. The van der Waals surface area contributed by atoms with Crippen molar-refractivity contribution in [3.8, 4) is 0 Å². The lowest BCUT2D eigenvalue weighted by atomic mass is 10.1. The zero-order chi connectivity index (χ0) is 18.1. The fourth-order valence-corrected chi connectivity index (χ4v) is 3.66. The van der Waals surface area contributed by atoms with Crippen LogP contribution in [0.2, 0.25) is 10.0 Å². The largest absolute Gasteiger partial charge is 0.408 e. The van der Waals surface area contributed by atoms with Crippen LogP contribution in [0.15, 0.2) is 46.2 Å². The van der Waals surface area contributed by atoms with E-state index in [4.69, 9.17) is 23.2 Å². The van der Waals surface area contributed by atoms with Crippen molar-refractivity contribution in [1.82, 2.24) is 8.87 Å².